The molecule has 0 fully saturated rings. The van der Waals surface area contributed by atoms with Crippen molar-refractivity contribution in [1.82, 2.24) is 24.5 Å². The molecule has 0 spiro atoms. The number of nitrogens with two attached hydrogens (primary N) is 1. The third-order valence-electron chi connectivity index (χ3n) is 3.80. The van der Waals surface area contributed by atoms with Crippen molar-refractivity contribution in [3.8, 4) is 11.8 Å². The number of nitrogen functional groups attached to an aromatic ring is 1. The van der Waals surface area contributed by atoms with Gasteiger partial charge in [-0.1, -0.05) is 12.2 Å². The Labute approximate surface area is 142 Å². The molecule has 0 saturated carbocycles. The first-order valence-corrected chi connectivity index (χ1v) is 7.83. The maximum absolute atomic E-state index is 12.4. The highest BCUT2D eigenvalue weighted by Gasteiger charge is 2.17. The van der Waals surface area contributed by atoms with E-state index in [1.165, 1.54) is 4.57 Å². The lowest BCUT2D eigenvalue weighted by molar-refractivity contribution is 0.316. The zero-order chi connectivity index (χ0) is 17.2. The average molecular weight is 340 g/mol. The Morgan fingerprint density at radius 1 is 1.24 bits per heavy atom. The van der Waals surface area contributed by atoms with Gasteiger partial charge in [0.1, 0.15) is 23.6 Å². The molecule has 0 amide bonds. The van der Waals surface area contributed by atoms with Gasteiger partial charge in [-0.3, -0.25) is 9.55 Å². The molecule has 0 saturated heterocycles. The van der Waals surface area contributed by atoms with E-state index in [1.807, 2.05) is 18.2 Å². The number of aromatic nitrogens is 5. The molecule has 2 bridgehead atoms. The molecule has 3 N–H and O–H groups in total. The van der Waals surface area contributed by atoms with Crippen LogP contribution in [0.1, 0.15) is 12.1 Å². The third-order valence-corrected chi connectivity index (χ3v) is 3.80. The Hall–Kier alpha value is -3.36. The number of aromatic amines is 1. The molecule has 9 heteroatoms. The van der Waals surface area contributed by atoms with Crippen molar-refractivity contribution in [2.45, 2.75) is 13.0 Å². The van der Waals surface area contributed by atoms with Gasteiger partial charge in [0, 0.05) is 6.20 Å². The number of hydrogen-bond acceptors (Lipinski definition) is 7. The van der Waals surface area contributed by atoms with Crippen molar-refractivity contribution in [1.29, 1.82) is 0 Å². The van der Waals surface area contributed by atoms with Gasteiger partial charge in [-0.25, -0.2) is 4.79 Å². The SMILES string of the molecule is Nc1nc2nc3c1[nH]c(=O)n3Cc1ncccc1OCC/C=C\CO2. The molecule has 1 aliphatic rings. The van der Waals surface area contributed by atoms with E-state index < -0.39 is 0 Å². The van der Waals surface area contributed by atoms with Crippen LogP contribution in [0.5, 0.6) is 11.8 Å². The fourth-order valence-corrected chi connectivity index (χ4v) is 2.61. The van der Waals surface area contributed by atoms with Crippen LogP contribution >= 0.6 is 0 Å². The number of ether oxygens (including phenoxy) is 2. The van der Waals surface area contributed by atoms with Gasteiger partial charge in [-0.05, 0) is 18.6 Å². The molecule has 0 atom stereocenters. The van der Waals surface area contributed by atoms with Gasteiger partial charge in [-0.2, -0.15) is 9.97 Å². The number of fused-ring (bicyclic) bond motifs is 2. The largest absolute Gasteiger partial charge is 0.491 e. The molecule has 0 radical (unpaired) electrons. The number of imidazole rings is 1. The van der Waals surface area contributed by atoms with Crippen molar-refractivity contribution in [3.05, 3.63) is 46.7 Å². The van der Waals surface area contributed by atoms with Gasteiger partial charge in [0.05, 0.1) is 13.2 Å². The highest BCUT2D eigenvalue weighted by molar-refractivity contribution is 5.81. The molecule has 4 rings (SSSR count). The van der Waals surface area contributed by atoms with Crippen LogP contribution in [0.15, 0.2) is 35.3 Å². The summed E-state index contributed by atoms with van der Waals surface area (Å²) < 4.78 is 12.7. The number of rotatable bonds is 0. The van der Waals surface area contributed by atoms with Crippen LogP contribution in [0.2, 0.25) is 0 Å². The summed E-state index contributed by atoms with van der Waals surface area (Å²) in [6.45, 7) is 1.000. The van der Waals surface area contributed by atoms with E-state index in [0.29, 0.717) is 35.8 Å². The second-order valence-electron chi connectivity index (χ2n) is 5.47. The van der Waals surface area contributed by atoms with E-state index >= 15 is 0 Å². The number of H-pyrrole nitrogens is 1. The van der Waals surface area contributed by atoms with E-state index in [1.54, 1.807) is 12.3 Å². The molecule has 128 valence electrons. The van der Waals surface area contributed by atoms with Crippen LogP contribution in [-0.4, -0.2) is 37.7 Å². The van der Waals surface area contributed by atoms with Crippen molar-refractivity contribution in [2.24, 2.45) is 0 Å². The second-order valence-corrected chi connectivity index (χ2v) is 5.47. The third kappa shape index (κ3) is 2.91. The summed E-state index contributed by atoms with van der Waals surface area (Å²) in [5.74, 6) is 0.789. The number of nitrogens with one attached hydrogen (secondary N) is 1. The molecule has 3 aromatic heterocycles. The molecule has 3 aromatic rings. The van der Waals surface area contributed by atoms with Crippen molar-refractivity contribution >= 4 is 17.0 Å². The summed E-state index contributed by atoms with van der Waals surface area (Å²) in [6, 6.07) is 3.74. The number of anilines is 1. The predicted octanol–water partition coefficient (Wildman–Crippen LogP) is 0.863. The Morgan fingerprint density at radius 2 is 2.16 bits per heavy atom. The second kappa shape index (κ2) is 6.27. The van der Waals surface area contributed by atoms with Gasteiger partial charge >= 0.3 is 11.7 Å². The quantitative estimate of drug-likeness (QED) is 0.582. The minimum Gasteiger partial charge on any atom is -0.491 e. The Bertz CT molecular complexity index is 1010. The minimum absolute atomic E-state index is 0.122. The first-order valence-electron chi connectivity index (χ1n) is 7.83. The standard InChI is InChI=1S/C16H16N6O3/c17-13-12-14-21-15(20-13)25-8-3-1-2-7-24-11-5-4-6-18-10(11)9-22(14)16(23)19-12/h1,3-6H,2,7-9H2,(H,19,23)(H2,17,20,21)/b3-1-. The van der Waals surface area contributed by atoms with E-state index in [-0.39, 0.29) is 24.1 Å². The van der Waals surface area contributed by atoms with Crippen molar-refractivity contribution in [2.75, 3.05) is 18.9 Å². The molecule has 0 unspecified atom stereocenters. The number of nitrogens with zero attached hydrogens (tertiary/aromatic N) is 4. The summed E-state index contributed by atoms with van der Waals surface area (Å²) in [4.78, 5) is 27.8. The lowest BCUT2D eigenvalue weighted by Gasteiger charge is -2.11. The van der Waals surface area contributed by atoms with E-state index in [9.17, 15) is 4.79 Å². The Kier molecular flexibility index (Phi) is 3.81. The lowest BCUT2D eigenvalue weighted by Crippen LogP contribution is -2.19. The normalized spacial score (nSPS) is 15.8. The molecule has 9 nitrogen and oxygen atoms in total. The van der Waals surface area contributed by atoms with Crippen LogP contribution < -0.4 is 20.9 Å². The van der Waals surface area contributed by atoms with Crippen LogP contribution in [0.3, 0.4) is 0 Å². The molecular formula is C16H16N6O3. The number of hydrogen-bond donors (Lipinski definition) is 2. The number of pyridine rings is 1. The summed E-state index contributed by atoms with van der Waals surface area (Å²) in [7, 11) is 0. The Balaban J connectivity index is 1.88. The lowest BCUT2D eigenvalue weighted by atomic mass is 10.3. The molecular weight excluding hydrogens is 324 g/mol. The van der Waals surface area contributed by atoms with Gasteiger partial charge in [0.2, 0.25) is 0 Å². The van der Waals surface area contributed by atoms with Gasteiger partial charge < -0.3 is 20.2 Å². The Morgan fingerprint density at radius 3 is 3.08 bits per heavy atom. The fraction of sp³-hybridized carbons (Fsp3) is 0.250. The predicted molar refractivity (Wildman–Crippen MR) is 90.6 cm³/mol. The highest BCUT2D eigenvalue weighted by atomic mass is 16.5. The average Bonchev–Trinajstić information content (AvgIpc) is 2.92. The molecule has 0 aromatic carbocycles. The smallest absolute Gasteiger partial charge is 0.328 e. The maximum atomic E-state index is 12.4. The van der Waals surface area contributed by atoms with E-state index in [0.717, 1.165) is 6.42 Å². The summed E-state index contributed by atoms with van der Waals surface area (Å²) >= 11 is 0. The van der Waals surface area contributed by atoms with E-state index in [4.69, 9.17) is 15.2 Å². The topological polar surface area (TPSA) is 121 Å². The maximum Gasteiger partial charge on any atom is 0.328 e. The molecule has 4 heterocycles. The van der Waals surface area contributed by atoms with Crippen LogP contribution in [0.4, 0.5) is 5.82 Å². The highest BCUT2D eigenvalue weighted by Crippen LogP contribution is 2.21. The summed E-state index contributed by atoms with van der Waals surface area (Å²) in [6.07, 6.45) is 6.18. The summed E-state index contributed by atoms with van der Waals surface area (Å²) in [5, 5.41) is 0. The zero-order valence-electron chi connectivity index (χ0n) is 13.3. The van der Waals surface area contributed by atoms with Gasteiger partial charge in [0.15, 0.2) is 11.5 Å². The first-order chi connectivity index (χ1) is 12.2. The van der Waals surface area contributed by atoms with Crippen molar-refractivity contribution < 1.29 is 9.47 Å². The molecule has 25 heavy (non-hydrogen) atoms. The fourth-order valence-electron chi connectivity index (χ4n) is 2.61. The first kappa shape index (κ1) is 15.2. The molecule has 0 aliphatic carbocycles. The molecule has 1 aliphatic heterocycles. The van der Waals surface area contributed by atoms with Crippen molar-refractivity contribution in [3.63, 3.8) is 0 Å². The van der Waals surface area contributed by atoms with Gasteiger partial charge in [0.25, 0.3) is 0 Å². The van der Waals surface area contributed by atoms with E-state index in [2.05, 4.69) is 19.9 Å². The summed E-state index contributed by atoms with van der Waals surface area (Å²) in [5.41, 5.74) is 6.95. The monoisotopic (exact) mass is 340 g/mol. The van der Waals surface area contributed by atoms with Crippen LogP contribution in [0, 0.1) is 0 Å². The minimum atomic E-state index is -0.350. The van der Waals surface area contributed by atoms with Gasteiger partial charge in [-0.15, -0.1) is 0 Å². The van der Waals surface area contributed by atoms with Crippen LogP contribution in [0.25, 0.3) is 11.2 Å². The van der Waals surface area contributed by atoms with Crippen LogP contribution in [-0.2, 0) is 6.54 Å². The zero-order valence-corrected chi connectivity index (χ0v) is 13.3.